The first-order valence-electron chi connectivity index (χ1n) is 6.41. The van der Waals surface area contributed by atoms with Crippen molar-refractivity contribution in [2.75, 3.05) is 23.1 Å². The highest BCUT2D eigenvalue weighted by Crippen LogP contribution is 2.31. The molecule has 1 aliphatic rings. The van der Waals surface area contributed by atoms with Crippen LogP contribution in [0, 0.1) is 0 Å². The third-order valence-electron chi connectivity index (χ3n) is 3.23. The van der Waals surface area contributed by atoms with Gasteiger partial charge in [-0.05, 0) is 44.0 Å². The van der Waals surface area contributed by atoms with E-state index in [1.165, 1.54) is 4.31 Å². The normalized spacial score (nSPS) is 14.3. The highest BCUT2D eigenvalue weighted by atomic mass is 32.2. The zero-order chi connectivity index (χ0) is 14.0. The average Bonchev–Trinajstić information content (AvgIpc) is 2.82. The number of anilines is 1. The van der Waals surface area contributed by atoms with Crippen LogP contribution in [-0.2, 0) is 16.4 Å². The van der Waals surface area contributed by atoms with Crippen molar-refractivity contribution in [3.05, 3.63) is 29.3 Å². The molecule has 1 heterocycles. The van der Waals surface area contributed by atoms with E-state index in [1.807, 2.05) is 6.92 Å². The molecule has 5 nitrogen and oxygen atoms in total. The Morgan fingerprint density at radius 3 is 2.74 bits per heavy atom. The van der Waals surface area contributed by atoms with Crippen LogP contribution in [0.15, 0.2) is 18.2 Å². The number of nitrogens with one attached hydrogen (secondary N) is 1. The summed E-state index contributed by atoms with van der Waals surface area (Å²) in [7, 11) is -3.22. The zero-order valence-electron chi connectivity index (χ0n) is 11.1. The minimum Gasteiger partial charge on any atom is -0.352 e. The Kier molecular flexibility index (Phi) is 3.80. The molecule has 2 rings (SSSR count). The van der Waals surface area contributed by atoms with Crippen LogP contribution in [-0.4, -0.2) is 33.2 Å². The maximum atomic E-state index is 11.9. The van der Waals surface area contributed by atoms with Crippen molar-refractivity contribution >= 4 is 21.6 Å². The van der Waals surface area contributed by atoms with Gasteiger partial charge >= 0.3 is 0 Å². The van der Waals surface area contributed by atoms with Gasteiger partial charge in [0, 0.05) is 18.7 Å². The van der Waals surface area contributed by atoms with Gasteiger partial charge in [0.2, 0.25) is 10.0 Å². The first kappa shape index (κ1) is 13.9. The van der Waals surface area contributed by atoms with Gasteiger partial charge in [0.25, 0.3) is 5.91 Å². The van der Waals surface area contributed by atoms with Crippen LogP contribution in [0.1, 0.15) is 29.8 Å². The maximum absolute atomic E-state index is 11.9. The molecular weight excluding hydrogens is 264 g/mol. The predicted octanol–water partition coefficient (Wildman–Crippen LogP) is 1.15. The van der Waals surface area contributed by atoms with E-state index in [9.17, 15) is 13.2 Å². The third-order valence-corrected chi connectivity index (χ3v) is 5.01. The second-order valence-electron chi connectivity index (χ2n) is 4.43. The van der Waals surface area contributed by atoms with Crippen molar-refractivity contribution in [3.8, 4) is 0 Å². The number of rotatable bonds is 4. The minimum atomic E-state index is -3.22. The number of amides is 1. The van der Waals surface area contributed by atoms with Gasteiger partial charge in [-0.15, -0.1) is 0 Å². The fraction of sp³-hybridized carbons (Fsp3) is 0.462. The monoisotopic (exact) mass is 282 g/mol. The summed E-state index contributed by atoms with van der Waals surface area (Å²) >= 11 is 0. The number of benzene rings is 1. The van der Waals surface area contributed by atoms with Crippen LogP contribution in [0.2, 0.25) is 0 Å². The fourth-order valence-corrected chi connectivity index (χ4v) is 3.38. The average molecular weight is 282 g/mol. The summed E-state index contributed by atoms with van der Waals surface area (Å²) in [5.41, 5.74) is 2.20. The van der Waals surface area contributed by atoms with Crippen LogP contribution in [0.3, 0.4) is 0 Å². The molecule has 0 atom stereocenters. The third kappa shape index (κ3) is 2.58. The number of hydrogen-bond donors (Lipinski definition) is 1. The van der Waals surface area contributed by atoms with Crippen molar-refractivity contribution in [1.82, 2.24) is 5.32 Å². The highest BCUT2D eigenvalue weighted by molar-refractivity contribution is 7.92. The molecular formula is C13H18N2O3S. The molecule has 0 saturated carbocycles. The Morgan fingerprint density at radius 1 is 1.37 bits per heavy atom. The molecule has 1 aromatic carbocycles. The number of sulfonamides is 1. The van der Waals surface area contributed by atoms with Gasteiger partial charge in [-0.3, -0.25) is 9.10 Å². The summed E-state index contributed by atoms with van der Waals surface area (Å²) in [6.07, 6.45) is 0.655. The zero-order valence-corrected chi connectivity index (χ0v) is 12.0. The molecule has 0 spiro atoms. The number of nitrogens with zero attached hydrogens (tertiary/aromatic N) is 1. The second-order valence-corrected chi connectivity index (χ2v) is 6.61. The Labute approximate surface area is 113 Å². The molecule has 0 bridgehead atoms. The van der Waals surface area contributed by atoms with Gasteiger partial charge in [-0.1, -0.05) is 0 Å². The Morgan fingerprint density at radius 2 is 2.11 bits per heavy atom. The molecule has 0 aromatic heterocycles. The molecule has 104 valence electrons. The molecule has 1 amide bonds. The van der Waals surface area contributed by atoms with E-state index in [0.29, 0.717) is 30.8 Å². The summed E-state index contributed by atoms with van der Waals surface area (Å²) in [5, 5.41) is 2.73. The van der Waals surface area contributed by atoms with Gasteiger partial charge in [0.05, 0.1) is 11.4 Å². The Bertz CT molecular complexity index is 596. The first-order valence-corrected chi connectivity index (χ1v) is 8.02. The first-order chi connectivity index (χ1) is 8.99. The largest absolute Gasteiger partial charge is 0.352 e. The fourth-order valence-electron chi connectivity index (χ4n) is 2.22. The van der Waals surface area contributed by atoms with Gasteiger partial charge in [-0.2, -0.15) is 0 Å². The standard InChI is InChI=1S/C13H18N2O3S/c1-3-14-13(16)11-5-6-12-10(9-11)7-8-15(12)19(17,18)4-2/h5-6,9H,3-4,7-8H2,1-2H3,(H,14,16). The molecule has 1 aromatic rings. The summed E-state index contributed by atoms with van der Waals surface area (Å²) in [5.74, 6) is -0.0352. The number of fused-ring (bicyclic) bond motifs is 1. The van der Waals surface area contributed by atoms with Crippen LogP contribution in [0.5, 0.6) is 0 Å². The smallest absolute Gasteiger partial charge is 0.251 e. The van der Waals surface area contributed by atoms with E-state index in [4.69, 9.17) is 0 Å². The molecule has 0 saturated heterocycles. The number of carbonyl (C=O) groups excluding carboxylic acids is 1. The summed E-state index contributed by atoms with van der Waals surface area (Å²) in [6, 6.07) is 5.18. The van der Waals surface area contributed by atoms with Gasteiger partial charge < -0.3 is 5.32 Å². The summed E-state index contributed by atoms with van der Waals surface area (Å²) in [6.45, 7) is 4.54. The van der Waals surface area contributed by atoms with E-state index >= 15 is 0 Å². The molecule has 0 unspecified atom stereocenters. The van der Waals surface area contributed by atoms with Crippen molar-refractivity contribution in [1.29, 1.82) is 0 Å². The number of carbonyl (C=O) groups is 1. The van der Waals surface area contributed by atoms with Crippen LogP contribution in [0.25, 0.3) is 0 Å². The molecule has 0 radical (unpaired) electrons. The lowest BCUT2D eigenvalue weighted by Gasteiger charge is -2.18. The lowest BCUT2D eigenvalue weighted by atomic mass is 10.1. The Balaban J connectivity index is 2.33. The molecule has 1 N–H and O–H groups in total. The molecule has 1 aliphatic heterocycles. The van der Waals surface area contributed by atoms with Crippen molar-refractivity contribution < 1.29 is 13.2 Å². The van der Waals surface area contributed by atoms with Crippen molar-refractivity contribution in [2.24, 2.45) is 0 Å². The molecule has 6 heteroatoms. The predicted molar refractivity (Wildman–Crippen MR) is 75.0 cm³/mol. The second kappa shape index (κ2) is 5.21. The molecule has 0 fully saturated rings. The van der Waals surface area contributed by atoms with Crippen LogP contribution >= 0.6 is 0 Å². The van der Waals surface area contributed by atoms with Crippen molar-refractivity contribution in [2.45, 2.75) is 20.3 Å². The van der Waals surface area contributed by atoms with Crippen LogP contribution < -0.4 is 9.62 Å². The van der Waals surface area contributed by atoms with E-state index < -0.39 is 10.0 Å². The lowest BCUT2D eigenvalue weighted by Crippen LogP contribution is -2.30. The minimum absolute atomic E-state index is 0.0878. The molecule has 19 heavy (non-hydrogen) atoms. The van der Waals surface area contributed by atoms with Gasteiger partial charge in [0.1, 0.15) is 0 Å². The Hall–Kier alpha value is -1.56. The maximum Gasteiger partial charge on any atom is 0.251 e. The van der Waals surface area contributed by atoms with Gasteiger partial charge in [0.15, 0.2) is 0 Å². The topological polar surface area (TPSA) is 66.5 Å². The number of hydrogen-bond acceptors (Lipinski definition) is 3. The van der Waals surface area contributed by atoms with Gasteiger partial charge in [-0.25, -0.2) is 8.42 Å². The van der Waals surface area contributed by atoms with E-state index in [1.54, 1.807) is 25.1 Å². The quantitative estimate of drug-likeness (QED) is 0.901. The van der Waals surface area contributed by atoms with Crippen molar-refractivity contribution in [3.63, 3.8) is 0 Å². The van der Waals surface area contributed by atoms with E-state index in [2.05, 4.69) is 5.32 Å². The lowest BCUT2D eigenvalue weighted by molar-refractivity contribution is 0.0956. The van der Waals surface area contributed by atoms with Crippen LogP contribution in [0.4, 0.5) is 5.69 Å². The van der Waals surface area contributed by atoms with E-state index in [0.717, 1.165) is 5.56 Å². The summed E-state index contributed by atoms with van der Waals surface area (Å²) in [4.78, 5) is 11.7. The highest BCUT2D eigenvalue weighted by Gasteiger charge is 2.28. The van der Waals surface area contributed by atoms with E-state index in [-0.39, 0.29) is 11.7 Å². The summed E-state index contributed by atoms with van der Waals surface area (Å²) < 4.78 is 25.3. The SMILES string of the molecule is CCNC(=O)c1ccc2c(c1)CCN2S(=O)(=O)CC. The molecule has 0 aliphatic carbocycles.